The van der Waals surface area contributed by atoms with Crippen molar-refractivity contribution in [2.75, 3.05) is 25.5 Å². The van der Waals surface area contributed by atoms with Gasteiger partial charge in [-0.2, -0.15) is 0 Å². The molecule has 0 spiro atoms. The highest BCUT2D eigenvalue weighted by Crippen LogP contribution is 2.19. The number of carbonyl (C=O) groups is 1. The number of nitrogens with one attached hydrogen (secondary N) is 1. The van der Waals surface area contributed by atoms with Gasteiger partial charge in [0.1, 0.15) is 5.75 Å². The van der Waals surface area contributed by atoms with Crippen LogP contribution in [0.3, 0.4) is 0 Å². The molecule has 4 heteroatoms. The van der Waals surface area contributed by atoms with E-state index in [9.17, 15) is 4.79 Å². The molecule has 1 amide bonds. The van der Waals surface area contributed by atoms with E-state index in [-0.39, 0.29) is 12.0 Å². The second-order valence-electron chi connectivity index (χ2n) is 6.23. The molecule has 0 atom stereocenters. The van der Waals surface area contributed by atoms with Crippen molar-refractivity contribution in [1.29, 1.82) is 0 Å². The predicted molar refractivity (Wildman–Crippen MR) is 99.0 cm³/mol. The molecule has 0 aromatic heterocycles. The first-order chi connectivity index (χ1) is 11.5. The minimum absolute atomic E-state index is 0.0363. The lowest BCUT2D eigenvalue weighted by atomic mass is 10.1. The Labute approximate surface area is 144 Å². The highest BCUT2D eigenvalue weighted by atomic mass is 16.5. The monoisotopic (exact) mass is 326 g/mol. The lowest BCUT2D eigenvalue weighted by Gasteiger charge is -2.14. The van der Waals surface area contributed by atoms with Gasteiger partial charge in [0.15, 0.2) is 0 Å². The molecule has 24 heavy (non-hydrogen) atoms. The van der Waals surface area contributed by atoms with Crippen LogP contribution in [-0.4, -0.2) is 32.7 Å². The van der Waals surface area contributed by atoms with E-state index in [1.54, 1.807) is 6.07 Å². The second kappa shape index (κ2) is 8.39. The standard InChI is InChI=1S/C20H26N2O2/c1-15(2)24-19-8-6-5-7-18(19)20(23)21-14-13-16-9-11-17(12-10-16)22(3)4/h5-12,15H,13-14H2,1-4H3,(H,21,23). The summed E-state index contributed by atoms with van der Waals surface area (Å²) in [6, 6.07) is 15.7. The largest absolute Gasteiger partial charge is 0.490 e. The van der Waals surface area contributed by atoms with Crippen LogP contribution >= 0.6 is 0 Å². The summed E-state index contributed by atoms with van der Waals surface area (Å²) in [5.74, 6) is 0.525. The zero-order valence-corrected chi connectivity index (χ0v) is 14.9. The van der Waals surface area contributed by atoms with Crippen molar-refractivity contribution in [1.82, 2.24) is 5.32 Å². The molecule has 1 N–H and O–H groups in total. The second-order valence-corrected chi connectivity index (χ2v) is 6.23. The molecule has 2 aromatic carbocycles. The van der Waals surface area contributed by atoms with Gasteiger partial charge in [-0.25, -0.2) is 0 Å². The summed E-state index contributed by atoms with van der Waals surface area (Å²) in [4.78, 5) is 14.4. The third kappa shape index (κ3) is 5.01. The van der Waals surface area contributed by atoms with Crippen molar-refractivity contribution >= 4 is 11.6 Å². The Bertz CT molecular complexity index is 664. The van der Waals surface area contributed by atoms with E-state index in [1.807, 2.05) is 46.1 Å². The number of hydrogen-bond donors (Lipinski definition) is 1. The van der Waals surface area contributed by atoms with Gasteiger partial charge in [-0.05, 0) is 50.1 Å². The first kappa shape index (κ1) is 17.9. The number of ether oxygens (including phenoxy) is 1. The average molecular weight is 326 g/mol. The third-order valence-corrected chi connectivity index (χ3v) is 3.65. The molecular weight excluding hydrogens is 300 g/mol. The fraction of sp³-hybridized carbons (Fsp3) is 0.350. The van der Waals surface area contributed by atoms with Crippen molar-refractivity contribution in [3.8, 4) is 5.75 Å². The van der Waals surface area contributed by atoms with Crippen molar-refractivity contribution in [3.05, 3.63) is 59.7 Å². The summed E-state index contributed by atoms with van der Waals surface area (Å²) in [7, 11) is 4.04. The molecule has 0 bridgehead atoms. The Morgan fingerprint density at radius 1 is 1.08 bits per heavy atom. The van der Waals surface area contributed by atoms with Crippen molar-refractivity contribution in [2.45, 2.75) is 26.4 Å². The Morgan fingerprint density at radius 3 is 2.38 bits per heavy atom. The van der Waals surface area contributed by atoms with Gasteiger partial charge >= 0.3 is 0 Å². The van der Waals surface area contributed by atoms with Gasteiger partial charge in [0.05, 0.1) is 11.7 Å². The maximum Gasteiger partial charge on any atom is 0.255 e. The normalized spacial score (nSPS) is 10.5. The van der Waals surface area contributed by atoms with Gasteiger partial charge in [-0.3, -0.25) is 4.79 Å². The number of carbonyl (C=O) groups excluding carboxylic acids is 1. The van der Waals surface area contributed by atoms with Crippen LogP contribution in [0, 0.1) is 0 Å². The van der Waals surface area contributed by atoms with E-state index in [1.165, 1.54) is 11.3 Å². The molecular formula is C20H26N2O2. The van der Waals surface area contributed by atoms with Crippen LogP contribution in [0.1, 0.15) is 29.8 Å². The first-order valence-electron chi connectivity index (χ1n) is 8.27. The van der Waals surface area contributed by atoms with Gasteiger partial charge in [0, 0.05) is 26.3 Å². The lowest BCUT2D eigenvalue weighted by Crippen LogP contribution is -2.26. The number of rotatable bonds is 7. The summed E-state index contributed by atoms with van der Waals surface area (Å²) in [6.07, 6.45) is 0.835. The molecule has 4 nitrogen and oxygen atoms in total. The molecule has 0 aliphatic rings. The summed E-state index contributed by atoms with van der Waals surface area (Å²) in [5.41, 5.74) is 2.95. The quantitative estimate of drug-likeness (QED) is 0.846. The summed E-state index contributed by atoms with van der Waals surface area (Å²) in [5, 5.41) is 2.97. The van der Waals surface area contributed by atoms with E-state index < -0.39 is 0 Å². The Hall–Kier alpha value is -2.49. The molecule has 0 aliphatic heterocycles. The molecule has 2 rings (SSSR count). The Morgan fingerprint density at radius 2 is 1.75 bits per heavy atom. The van der Waals surface area contributed by atoms with Crippen molar-refractivity contribution in [2.24, 2.45) is 0 Å². The van der Waals surface area contributed by atoms with Crippen LogP contribution < -0.4 is 15.0 Å². The zero-order valence-electron chi connectivity index (χ0n) is 14.9. The van der Waals surface area contributed by atoms with E-state index in [2.05, 4.69) is 34.5 Å². The summed E-state index contributed by atoms with van der Waals surface area (Å²) < 4.78 is 5.70. The summed E-state index contributed by atoms with van der Waals surface area (Å²) in [6.45, 7) is 4.49. The fourth-order valence-corrected chi connectivity index (χ4v) is 2.39. The predicted octanol–water partition coefficient (Wildman–Crippen LogP) is 3.51. The maximum absolute atomic E-state index is 12.4. The van der Waals surface area contributed by atoms with Crippen LogP contribution in [0.4, 0.5) is 5.69 Å². The average Bonchev–Trinajstić information content (AvgIpc) is 2.55. The molecule has 128 valence electrons. The van der Waals surface area contributed by atoms with Crippen LogP contribution in [0.15, 0.2) is 48.5 Å². The van der Waals surface area contributed by atoms with Gasteiger partial charge in [0.2, 0.25) is 0 Å². The number of nitrogens with zero attached hydrogens (tertiary/aromatic N) is 1. The molecule has 0 aliphatic carbocycles. The number of para-hydroxylation sites is 1. The highest BCUT2D eigenvalue weighted by Gasteiger charge is 2.12. The maximum atomic E-state index is 12.4. The molecule has 0 fully saturated rings. The lowest BCUT2D eigenvalue weighted by molar-refractivity contribution is 0.0948. The molecule has 0 unspecified atom stereocenters. The molecule has 0 heterocycles. The number of amides is 1. The van der Waals surface area contributed by atoms with Crippen molar-refractivity contribution in [3.63, 3.8) is 0 Å². The van der Waals surface area contributed by atoms with Gasteiger partial charge in [-0.15, -0.1) is 0 Å². The number of anilines is 1. The molecule has 2 aromatic rings. The van der Waals surface area contributed by atoms with Crippen molar-refractivity contribution < 1.29 is 9.53 Å². The highest BCUT2D eigenvalue weighted by molar-refractivity contribution is 5.96. The number of benzene rings is 2. The van der Waals surface area contributed by atoms with E-state index in [0.717, 1.165) is 6.42 Å². The minimum atomic E-state index is -0.101. The molecule has 0 saturated carbocycles. The van der Waals surface area contributed by atoms with Crippen LogP contribution in [0.5, 0.6) is 5.75 Å². The van der Waals surface area contributed by atoms with Crippen LogP contribution in [0.2, 0.25) is 0 Å². The SMILES string of the molecule is CC(C)Oc1ccccc1C(=O)NCCc1ccc(N(C)C)cc1. The molecule has 0 saturated heterocycles. The van der Waals surface area contributed by atoms with Crippen LogP contribution in [-0.2, 0) is 6.42 Å². The van der Waals surface area contributed by atoms with Gasteiger partial charge in [0.25, 0.3) is 5.91 Å². The molecule has 0 radical (unpaired) electrons. The Kier molecular flexibility index (Phi) is 6.24. The third-order valence-electron chi connectivity index (χ3n) is 3.65. The van der Waals surface area contributed by atoms with Gasteiger partial charge < -0.3 is 15.0 Å². The number of hydrogen-bond acceptors (Lipinski definition) is 3. The summed E-state index contributed by atoms with van der Waals surface area (Å²) >= 11 is 0. The van der Waals surface area contributed by atoms with Crippen LogP contribution in [0.25, 0.3) is 0 Å². The zero-order chi connectivity index (χ0) is 17.5. The van der Waals surface area contributed by atoms with E-state index in [0.29, 0.717) is 17.9 Å². The fourth-order valence-electron chi connectivity index (χ4n) is 2.39. The van der Waals surface area contributed by atoms with E-state index >= 15 is 0 Å². The Balaban J connectivity index is 1.91. The van der Waals surface area contributed by atoms with Gasteiger partial charge in [-0.1, -0.05) is 24.3 Å². The smallest absolute Gasteiger partial charge is 0.255 e. The topological polar surface area (TPSA) is 41.6 Å². The van der Waals surface area contributed by atoms with E-state index in [4.69, 9.17) is 4.74 Å². The first-order valence-corrected chi connectivity index (χ1v) is 8.27. The minimum Gasteiger partial charge on any atom is -0.490 e.